The molecule has 0 aliphatic carbocycles. The van der Waals surface area contributed by atoms with Gasteiger partial charge in [-0.25, -0.2) is 0 Å². The summed E-state index contributed by atoms with van der Waals surface area (Å²) in [5.41, 5.74) is 15.5. The van der Waals surface area contributed by atoms with Crippen molar-refractivity contribution < 1.29 is 0 Å². The normalized spacial score (nSPS) is 13.9. The number of anilines is 4. The van der Waals surface area contributed by atoms with E-state index < -0.39 is 0 Å². The molecule has 2 aliphatic rings. The Morgan fingerprint density at radius 2 is 0.833 bits per heavy atom. The summed E-state index contributed by atoms with van der Waals surface area (Å²) in [6.07, 6.45) is 4.50. The van der Waals surface area contributed by atoms with Crippen LogP contribution < -0.4 is 9.80 Å². The second-order valence-electron chi connectivity index (χ2n) is 16.6. The molecule has 10 aromatic rings. The van der Waals surface area contributed by atoms with Gasteiger partial charge in [0.25, 0.3) is 0 Å². The average Bonchev–Trinajstić information content (AvgIpc) is 3.32. The van der Waals surface area contributed by atoms with E-state index in [1.54, 1.807) is 0 Å². The van der Waals surface area contributed by atoms with E-state index in [9.17, 15) is 0 Å². The van der Waals surface area contributed by atoms with Crippen molar-refractivity contribution in [2.24, 2.45) is 0 Å². The summed E-state index contributed by atoms with van der Waals surface area (Å²) in [7, 11) is 0. The Hall–Kier alpha value is -7.16. The molecule has 10 aromatic carbocycles. The van der Waals surface area contributed by atoms with E-state index >= 15 is 0 Å². The summed E-state index contributed by atoms with van der Waals surface area (Å²) >= 11 is 0. The first-order valence-electron chi connectivity index (χ1n) is 21.6. The predicted octanol–water partition coefficient (Wildman–Crippen LogP) is 15.5. The number of nitrogens with zero attached hydrogens (tertiary/aromatic N) is 2. The van der Waals surface area contributed by atoms with Crippen molar-refractivity contribution >= 4 is 65.8 Å². The number of hydrogen-bond donors (Lipinski definition) is 0. The standard InChI is InChI=1S/C58H44N2/c1-2-18-43-36-44(29-28-39(43)14-1)48-23-7-8-24-49(48)57-51-32-30-46(60-35-13-21-42-17-5-10-27-56(42)60)38-54(51)58(50-25-11-19-40-15-3-6-22-47(40)50)52-33-31-45(37-53(52)57)59-34-12-20-41-16-4-9-26-55(41)59/h1-11,14-19,22-33,36-38H,12-13,20-21,34-35H2. The zero-order chi connectivity index (χ0) is 39.6. The first-order chi connectivity index (χ1) is 29.8. The van der Waals surface area contributed by atoms with E-state index in [0.717, 1.165) is 38.8 Å². The van der Waals surface area contributed by atoms with E-state index in [1.807, 2.05) is 0 Å². The molecule has 0 unspecified atom stereocenters. The molecule has 2 heteroatoms. The minimum absolute atomic E-state index is 0.996. The van der Waals surface area contributed by atoms with Gasteiger partial charge in [0.1, 0.15) is 0 Å². The van der Waals surface area contributed by atoms with Crippen molar-refractivity contribution in [3.8, 4) is 33.4 Å². The highest BCUT2D eigenvalue weighted by Gasteiger charge is 2.25. The lowest BCUT2D eigenvalue weighted by molar-refractivity contribution is 0.767. The van der Waals surface area contributed by atoms with E-state index in [2.05, 4.69) is 204 Å². The van der Waals surface area contributed by atoms with Crippen molar-refractivity contribution in [2.75, 3.05) is 22.9 Å². The van der Waals surface area contributed by atoms with Gasteiger partial charge in [-0.3, -0.25) is 0 Å². The summed E-state index contributed by atoms with van der Waals surface area (Å²) in [6.45, 7) is 1.99. The fourth-order valence-electron chi connectivity index (χ4n) is 10.5. The molecule has 0 saturated carbocycles. The minimum atomic E-state index is 0.996. The molecule has 2 aliphatic heterocycles. The molecule has 2 nitrogen and oxygen atoms in total. The van der Waals surface area contributed by atoms with Crippen molar-refractivity contribution in [2.45, 2.75) is 25.7 Å². The van der Waals surface area contributed by atoms with Gasteiger partial charge in [-0.1, -0.05) is 152 Å². The summed E-state index contributed by atoms with van der Waals surface area (Å²) in [5, 5.41) is 10.1. The van der Waals surface area contributed by atoms with Crippen LogP contribution in [0.4, 0.5) is 22.7 Å². The highest BCUT2D eigenvalue weighted by atomic mass is 15.1. The molecule has 2 heterocycles. The fourth-order valence-corrected chi connectivity index (χ4v) is 10.5. The lowest BCUT2D eigenvalue weighted by atomic mass is 9.82. The van der Waals surface area contributed by atoms with Crippen LogP contribution in [0.1, 0.15) is 24.0 Å². The maximum atomic E-state index is 2.55. The van der Waals surface area contributed by atoms with Gasteiger partial charge in [0, 0.05) is 35.8 Å². The molecular weight excluding hydrogens is 725 g/mol. The third-order valence-corrected chi connectivity index (χ3v) is 13.2. The number of benzene rings is 10. The van der Waals surface area contributed by atoms with E-state index in [-0.39, 0.29) is 0 Å². The largest absolute Gasteiger partial charge is 0.341 e. The van der Waals surface area contributed by atoms with E-state index in [0.29, 0.717) is 0 Å². The van der Waals surface area contributed by atoms with Crippen molar-refractivity contribution in [3.05, 3.63) is 205 Å². The van der Waals surface area contributed by atoms with Crippen molar-refractivity contribution in [1.82, 2.24) is 0 Å². The maximum absolute atomic E-state index is 2.55. The first-order valence-corrected chi connectivity index (χ1v) is 21.6. The van der Waals surface area contributed by atoms with Crippen LogP contribution in [0, 0.1) is 0 Å². The van der Waals surface area contributed by atoms with Gasteiger partial charge in [0.15, 0.2) is 0 Å². The average molecular weight is 769 g/mol. The zero-order valence-electron chi connectivity index (χ0n) is 33.6. The van der Waals surface area contributed by atoms with Gasteiger partial charge in [-0.2, -0.15) is 0 Å². The lowest BCUT2D eigenvalue weighted by Crippen LogP contribution is -2.24. The van der Waals surface area contributed by atoms with Crippen LogP contribution in [0.2, 0.25) is 0 Å². The Morgan fingerprint density at radius 1 is 0.317 bits per heavy atom. The lowest BCUT2D eigenvalue weighted by Gasteiger charge is -2.33. The maximum Gasteiger partial charge on any atom is 0.0443 e. The summed E-state index contributed by atoms with van der Waals surface area (Å²) < 4.78 is 0. The summed E-state index contributed by atoms with van der Waals surface area (Å²) in [4.78, 5) is 5.10. The van der Waals surface area contributed by atoms with Crippen molar-refractivity contribution in [3.63, 3.8) is 0 Å². The molecule has 0 radical (unpaired) electrons. The molecular formula is C58H44N2. The third-order valence-electron chi connectivity index (χ3n) is 13.2. The second-order valence-corrected chi connectivity index (χ2v) is 16.6. The molecule has 60 heavy (non-hydrogen) atoms. The number of fused-ring (bicyclic) bond motifs is 6. The van der Waals surface area contributed by atoms with Crippen LogP contribution in [0.5, 0.6) is 0 Å². The molecule has 0 aromatic heterocycles. The van der Waals surface area contributed by atoms with Gasteiger partial charge in [-0.05, 0) is 156 Å². The smallest absolute Gasteiger partial charge is 0.0443 e. The van der Waals surface area contributed by atoms with Crippen LogP contribution >= 0.6 is 0 Å². The van der Waals surface area contributed by atoms with Gasteiger partial charge >= 0.3 is 0 Å². The van der Waals surface area contributed by atoms with Gasteiger partial charge < -0.3 is 9.80 Å². The highest BCUT2D eigenvalue weighted by Crippen LogP contribution is 2.50. The van der Waals surface area contributed by atoms with Gasteiger partial charge in [-0.15, -0.1) is 0 Å². The number of para-hydroxylation sites is 2. The van der Waals surface area contributed by atoms with Crippen LogP contribution in [0.25, 0.3) is 76.5 Å². The Bertz CT molecular complexity index is 3300. The summed E-state index contributed by atoms with van der Waals surface area (Å²) in [5.74, 6) is 0. The number of aryl methyl sites for hydroxylation is 2. The van der Waals surface area contributed by atoms with Crippen LogP contribution in [-0.4, -0.2) is 13.1 Å². The van der Waals surface area contributed by atoms with Gasteiger partial charge in [0.05, 0.1) is 0 Å². The molecule has 286 valence electrons. The molecule has 0 bridgehead atoms. The third kappa shape index (κ3) is 5.70. The SMILES string of the molecule is c1ccc2c(c1)CCCN2c1ccc2c(-c3cccc4ccccc34)c3cc(N4CCCc5ccccc54)ccc3c(-c3ccccc3-c3ccc4ccccc4c3)c2c1. The monoisotopic (exact) mass is 768 g/mol. The van der Waals surface area contributed by atoms with Crippen molar-refractivity contribution in [1.29, 1.82) is 0 Å². The highest BCUT2D eigenvalue weighted by molar-refractivity contribution is 6.25. The second kappa shape index (κ2) is 14.3. The predicted molar refractivity (Wildman–Crippen MR) is 256 cm³/mol. The van der Waals surface area contributed by atoms with E-state index in [1.165, 1.54) is 110 Å². The number of hydrogen-bond acceptors (Lipinski definition) is 2. The van der Waals surface area contributed by atoms with Crippen LogP contribution in [0.15, 0.2) is 194 Å². The Kier molecular flexibility index (Phi) is 8.30. The quantitative estimate of drug-likeness (QED) is 0.161. The molecule has 0 N–H and O–H groups in total. The molecule has 12 rings (SSSR count). The Balaban J connectivity index is 1.20. The Morgan fingerprint density at radius 3 is 1.52 bits per heavy atom. The fraction of sp³-hybridized carbons (Fsp3) is 0.103. The molecule has 0 amide bonds. The zero-order valence-corrected chi connectivity index (χ0v) is 33.6. The molecule has 0 saturated heterocycles. The topological polar surface area (TPSA) is 6.48 Å². The molecule has 0 fully saturated rings. The van der Waals surface area contributed by atoms with Gasteiger partial charge in [0.2, 0.25) is 0 Å². The van der Waals surface area contributed by atoms with Crippen LogP contribution in [-0.2, 0) is 12.8 Å². The summed E-state index contributed by atoms with van der Waals surface area (Å²) in [6, 6.07) is 73.1. The number of rotatable bonds is 5. The molecule has 0 atom stereocenters. The van der Waals surface area contributed by atoms with Crippen LogP contribution in [0.3, 0.4) is 0 Å². The van der Waals surface area contributed by atoms with E-state index in [4.69, 9.17) is 0 Å². The Labute approximate surface area is 351 Å². The molecule has 0 spiro atoms. The first kappa shape index (κ1) is 34.8. The minimum Gasteiger partial charge on any atom is -0.341 e.